The number of hydrogen-bond acceptors (Lipinski definition) is 4. The Bertz CT molecular complexity index is 926. The molecule has 0 amide bonds. The molecule has 0 fully saturated rings. The van der Waals surface area contributed by atoms with Crippen LogP contribution in [0, 0.1) is 6.92 Å². The van der Waals surface area contributed by atoms with Gasteiger partial charge in [-0.2, -0.15) is 0 Å². The second-order valence-corrected chi connectivity index (χ2v) is 5.91. The van der Waals surface area contributed by atoms with Crippen molar-refractivity contribution in [1.29, 1.82) is 0 Å². The van der Waals surface area contributed by atoms with Crippen LogP contribution in [0.2, 0.25) is 5.02 Å². The molecule has 4 nitrogen and oxygen atoms in total. The van der Waals surface area contributed by atoms with E-state index in [1.54, 1.807) is 36.5 Å². The quantitative estimate of drug-likeness (QED) is 0.463. The molecule has 3 aromatic rings. The molecule has 0 unspecified atom stereocenters. The van der Waals surface area contributed by atoms with E-state index in [1.807, 2.05) is 31.2 Å². The summed E-state index contributed by atoms with van der Waals surface area (Å²) in [6.07, 6.45) is 1.64. The molecule has 5 heteroatoms. The number of esters is 1. The summed E-state index contributed by atoms with van der Waals surface area (Å²) in [5.74, 6) is 0.651. The molecule has 25 heavy (non-hydrogen) atoms. The van der Waals surface area contributed by atoms with E-state index in [9.17, 15) is 4.79 Å². The summed E-state index contributed by atoms with van der Waals surface area (Å²) in [6, 6.07) is 16.3. The number of rotatable bonds is 4. The zero-order chi connectivity index (χ0) is 17.8. The van der Waals surface area contributed by atoms with Crippen molar-refractivity contribution in [3.05, 3.63) is 76.5 Å². The lowest BCUT2D eigenvalue weighted by molar-refractivity contribution is 0.0601. The van der Waals surface area contributed by atoms with Crippen LogP contribution >= 0.6 is 11.6 Å². The highest BCUT2D eigenvalue weighted by molar-refractivity contribution is 6.31. The Balaban J connectivity index is 1.90. The van der Waals surface area contributed by atoms with Gasteiger partial charge in [0.05, 0.1) is 24.6 Å². The van der Waals surface area contributed by atoms with Crippen molar-refractivity contribution < 1.29 is 13.9 Å². The topological polar surface area (TPSA) is 51.8 Å². The van der Waals surface area contributed by atoms with Gasteiger partial charge in [0, 0.05) is 10.6 Å². The normalized spacial score (nSPS) is 11.0. The van der Waals surface area contributed by atoms with Crippen LogP contribution in [0.15, 0.2) is 64.0 Å². The Labute approximate surface area is 150 Å². The van der Waals surface area contributed by atoms with Gasteiger partial charge < -0.3 is 9.15 Å². The van der Waals surface area contributed by atoms with Gasteiger partial charge in [-0.3, -0.25) is 4.99 Å². The van der Waals surface area contributed by atoms with Crippen molar-refractivity contribution in [2.75, 3.05) is 7.11 Å². The third-order valence-electron chi connectivity index (χ3n) is 3.65. The molecule has 1 aromatic heterocycles. The fourth-order valence-corrected chi connectivity index (χ4v) is 2.52. The number of hydrogen-bond donors (Lipinski definition) is 0. The molecular weight excluding hydrogens is 338 g/mol. The van der Waals surface area contributed by atoms with E-state index in [4.69, 9.17) is 20.8 Å². The molecule has 3 rings (SSSR count). The molecule has 0 spiro atoms. The molecule has 0 aliphatic heterocycles. The number of aryl methyl sites for hydroxylation is 1. The van der Waals surface area contributed by atoms with Crippen LogP contribution in [0.4, 0.5) is 5.69 Å². The van der Waals surface area contributed by atoms with Gasteiger partial charge in [0.1, 0.15) is 11.5 Å². The molecule has 1 heterocycles. The standard InChI is InChI=1S/C20H16ClNO3/c1-13-3-6-15(7-4-13)22-12-16-8-10-19(25-16)18-11-14(21)5-9-17(18)20(23)24-2/h3-12H,1-2H3. The molecule has 0 aliphatic rings. The molecule has 0 radical (unpaired) electrons. The monoisotopic (exact) mass is 353 g/mol. The minimum Gasteiger partial charge on any atom is -0.465 e. The van der Waals surface area contributed by atoms with E-state index in [1.165, 1.54) is 12.7 Å². The Morgan fingerprint density at radius 1 is 1.12 bits per heavy atom. The van der Waals surface area contributed by atoms with Gasteiger partial charge in [-0.05, 0) is 49.4 Å². The van der Waals surface area contributed by atoms with E-state index in [0.29, 0.717) is 27.7 Å². The van der Waals surface area contributed by atoms with Crippen LogP contribution < -0.4 is 0 Å². The second-order valence-electron chi connectivity index (χ2n) is 5.48. The lowest BCUT2D eigenvalue weighted by Gasteiger charge is -2.06. The lowest BCUT2D eigenvalue weighted by Crippen LogP contribution is -2.03. The predicted octanol–water partition coefficient (Wildman–Crippen LogP) is 5.45. The van der Waals surface area contributed by atoms with Crippen LogP contribution in [-0.4, -0.2) is 19.3 Å². The molecule has 2 aromatic carbocycles. The highest BCUT2D eigenvalue weighted by Gasteiger charge is 2.16. The summed E-state index contributed by atoms with van der Waals surface area (Å²) in [5, 5.41) is 0.508. The first-order chi connectivity index (χ1) is 12.1. The van der Waals surface area contributed by atoms with Crippen molar-refractivity contribution in [2.45, 2.75) is 6.92 Å². The maximum Gasteiger partial charge on any atom is 0.338 e. The van der Waals surface area contributed by atoms with Gasteiger partial charge in [-0.15, -0.1) is 0 Å². The van der Waals surface area contributed by atoms with Crippen LogP contribution in [0.1, 0.15) is 21.7 Å². The summed E-state index contributed by atoms with van der Waals surface area (Å²) in [5.41, 5.74) is 2.98. The third kappa shape index (κ3) is 3.98. The molecule has 0 saturated heterocycles. The Kier molecular flexibility index (Phi) is 5.00. The molecule has 0 atom stereocenters. The largest absolute Gasteiger partial charge is 0.465 e. The van der Waals surface area contributed by atoms with Gasteiger partial charge in [-0.25, -0.2) is 4.79 Å². The zero-order valence-electron chi connectivity index (χ0n) is 13.8. The van der Waals surface area contributed by atoms with E-state index in [2.05, 4.69) is 4.99 Å². The number of methoxy groups -OCH3 is 1. The maximum absolute atomic E-state index is 11.9. The molecular formula is C20H16ClNO3. The number of benzene rings is 2. The number of aliphatic imine (C=N–C) groups is 1. The second kappa shape index (κ2) is 7.36. The minimum absolute atomic E-state index is 0.392. The SMILES string of the molecule is COC(=O)c1ccc(Cl)cc1-c1ccc(C=Nc2ccc(C)cc2)o1. The summed E-state index contributed by atoms with van der Waals surface area (Å²) < 4.78 is 10.6. The van der Waals surface area contributed by atoms with Gasteiger partial charge in [0.2, 0.25) is 0 Å². The maximum atomic E-state index is 11.9. The van der Waals surface area contributed by atoms with Crippen molar-refractivity contribution in [3.8, 4) is 11.3 Å². The van der Waals surface area contributed by atoms with Crippen molar-refractivity contribution in [1.82, 2.24) is 0 Å². The third-order valence-corrected chi connectivity index (χ3v) is 3.89. The van der Waals surface area contributed by atoms with Crippen LogP contribution in [0.25, 0.3) is 11.3 Å². The first kappa shape index (κ1) is 17.0. The molecule has 0 saturated carbocycles. The fraction of sp³-hybridized carbons (Fsp3) is 0.100. The number of carbonyl (C=O) groups excluding carboxylic acids is 1. The summed E-state index contributed by atoms with van der Waals surface area (Å²) in [7, 11) is 1.34. The number of ether oxygens (including phenoxy) is 1. The Hall–Kier alpha value is -2.85. The zero-order valence-corrected chi connectivity index (χ0v) is 14.6. The van der Waals surface area contributed by atoms with Gasteiger partial charge in [0.15, 0.2) is 0 Å². The average molecular weight is 354 g/mol. The average Bonchev–Trinajstić information content (AvgIpc) is 3.09. The van der Waals surface area contributed by atoms with Crippen LogP contribution in [0.3, 0.4) is 0 Å². The highest BCUT2D eigenvalue weighted by Crippen LogP contribution is 2.29. The van der Waals surface area contributed by atoms with E-state index < -0.39 is 5.97 Å². The summed E-state index contributed by atoms with van der Waals surface area (Å²) in [6.45, 7) is 2.02. The lowest BCUT2D eigenvalue weighted by atomic mass is 10.1. The Morgan fingerprint density at radius 2 is 1.88 bits per heavy atom. The van der Waals surface area contributed by atoms with Crippen molar-refractivity contribution in [3.63, 3.8) is 0 Å². The van der Waals surface area contributed by atoms with Crippen LogP contribution in [0.5, 0.6) is 0 Å². The van der Waals surface area contributed by atoms with E-state index in [0.717, 1.165) is 5.69 Å². The molecule has 0 N–H and O–H groups in total. The van der Waals surface area contributed by atoms with Gasteiger partial charge >= 0.3 is 5.97 Å². The molecule has 126 valence electrons. The molecule has 0 bridgehead atoms. The number of carbonyl (C=O) groups is 1. The Morgan fingerprint density at radius 3 is 2.60 bits per heavy atom. The van der Waals surface area contributed by atoms with Gasteiger partial charge in [-0.1, -0.05) is 29.3 Å². The fourth-order valence-electron chi connectivity index (χ4n) is 2.34. The van der Waals surface area contributed by atoms with Crippen molar-refractivity contribution >= 4 is 29.5 Å². The van der Waals surface area contributed by atoms with E-state index >= 15 is 0 Å². The van der Waals surface area contributed by atoms with Gasteiger partial charge in [0.25, 0.3) is 0 Å². The number of furan rings is 1. The number of halogens is 1. The summed E-state index contributed by atoms with van der Waals surface area (Å²) >= 11 is 6.06. The summed E-state index contributed by atoms with van der Waals surface area (Å²) in [4.78, 5) is 16.3. The highest BCUT2D eigenvalue weighted by atomic mass is 35.5. The van der Waals surface area contributed by atoms with Crippen LogP contribution in [-0.2, 0) is 4.74 Å². The van der Waals surface area contributed by atoms with Crippen molar-refractivity contribution in [2.24, 2.45) is 4.99 Å². The minimum atomic E-state index is -0.446. The molecule has 0 aliphatic carbocycles. The van der Waals surface area contributed by atoms with E-state index in [-0.39, 0.29) is 0 Å². The first-order valence-electron chi connectivity index (χ1n) is 7.65. The smallest absolute Gasteiger partial charge is 0.338 e. The number of nitrogens with zero attached hydrogens (tertiary/aromatic N) is 1. The predicted molar refractivity (Wildman–Crippen MR) is 98.9 cm³/mol. The first-order valence-corrected chi connectivity index (χ1v) is 8.03.